The van der Waals surface area contributed by atoms with Gasteiger partial charge in [0.15, 0.2) is 0 Å². The minimum Gasteiger partial charge on any atom is -0.365 e. The fourth-order valence-electron chi connectivity index (χ4n) is 2.49. The van der Waals surface area contributed by atoms with Crippen molar-refractivity contribution >= 4 is 34.1 Å². The molecule has 1 aromatic heterocycles. The summed E-state index contributed by atoms with van der Waals surface area (Å²) in [5.41, 5.74) is 6.83. The van der Waals surface area contributed by atoms with E-state index in [1.807, 2.05) is 0 Å². The SMILES string of the molecule is CCNC(=O)CC(=O)Nc1sc2c(c1C(N)=O)CCCC2. The number of carbonyl (C=O) groups is 3. The number of thiophene rings is 1. The highest BCUT2D eigenvalue weighted by atomic mass is 32.1. The molecular weight excluding hydrogens is 290 g/mol. The number of hydrogen-bond donors (Lipinski definition) is 3. The zero-order valence-corrected chi connectivity index (χ0v) is 12.8. The number of amides is 3. The minimum atomic E-state index is -0.525. The van der Waals surface area contributed by atoms with E-state index in [0.29, 0.717) is 17.1 Å². The topological polar surface area (TPSA) is 101 Å². The normalized spacial score (nSPS) is 13.4. The number of carbonyl (C=O) groups excluding carboxylic acids is 3. The number of fused-ring (bicyclic) bond motifs is 1. The molecule has 4 N–H and O–H groups in total. The van der Waals surface area contributed by atoms with Gasteiger partial charge in [-0.15, -0.1) is 11.3 Å². The van der Waals surface area contributed by atoms with Crippen LogP contribution in [0.2, 0.25) is 0 Å². The first-order valence-electron chi connectivity index (χ1n) is 7.03. The highest BCUT2D eigenvalue weighted by Gasteiger charge is 2.25. The van der Waals surface area contributed by atoms with Crippen LogP contribution in [0, 0.1) is 0 Å². The van der Waals surface area contributed by atoms with Crippen LogP contribution in [0.1, 0.15) is 47.0 Å². The summed E-state index contributed by atoms with van der Waals surface area (Å²) in [4.78, 5) is 36.0. The van der Waals surface area contributed by atoms with E-state index < -0.39 is 11.8 Å². The molecule has 0 spiro atoms. The van der Waals surface area contributed by atoms with Gasteiger partial charge in [0.1, 0.15) is 11.4 Å². The van der Waals surface area contributed by atoms with Crippen molar-refractivity contribution in [2.45, 2.75) is 39.0 Å². The molecule has 0 saturated carbocycles. The van der Waals surface area contributed by atoms with Crippen molar-refractivity contribution in [1.82, 2.24) is 5.32 Å². The van der Waals surface area contributed by atoms with Crippen molar-refractivity contribution < 1.29 is 14.4 Å². The Bertz CT molecular complexity index is 580. The Morgan fingerprint density at radius 1 is 1.19 bits per heavy atom. The second-order valence-corrected chi connectivity index (χ2v) is 6.06. The Labute approximate surface area is 127 Å². The van der Waals surface area contributed by atoms with Gasteiger partial charge in [0.2, 0.25) is 11.8 Å². The molecule has 0 aliphatic heterocycles. The van der Waals surface area contributed by atoms with E-state index >= 15 is 0 Å². The molecule has 1 heterocycles. The molecule has 0 saturated heterocycles. The molecule has 2 rings (SSSR count). The lowest BCUT2D eigenvalue weighted by Gasteiger charge is -2.11. The third-order valence-corrected chi connectivity index (χ3v) is 4.57. The lowest BCUT2D eigenvalue weighted by Crippen LogP contribution is -2.28. The summed E-state index contributed by atoms with van der Waals surface area (Å²) in [5, 5.41) is 5.69. The fraction of sp³-hybridized carbons (Fsp3) is 0.500. The molecule has 0 fully saturated rings. The number of primary amides is 1. The van der Waals surface area contributed by atoms with Gasteiger partial charge in [-0.3, -0.25) is 14.4 Å². The molecule has 1 aliphatic carbocycles. The fourth-order valence-corrected chi connectivity index (χ4v) is 3.80. The predicted octanol–water partition coefficient (Wildman–Crippen LogP) is 1.19. The van der Waals surface area contributed by atoms with Gasteiger partial charge in [0.05, 0.1) is 5.56 Å². The first-order chi connectivity index (χ1) is 10.0. The van der Waals surface area contributed by atoms with E-state index in [1.165, 1.54) is 11.3 Å². The van der Waals surface area contributed by atoms with Crippen LogP contribution in [-0.2, 0) is 22.4 Å². The summed E-state index contributed by atoms with van der Waals surface area (Å²) in [6.07, 6.45) is 3.58. The number of aryl methyl sites for hydroxylation is 1. The van der Waals surface area contributed by atoms with Crippen LogP contribution in [0.4, 0.5) is 5.00 Å². The Morgan fingerprint density at radius 2 is 1.90 bits per heavy atom. The quantitative estimate of drug-likeness (QED) is 0.712. The second kappa shape index (κ2) is 6.71. The van der Waals surface area contributed by atoms with Crippen LogP contribution in [-0.4, -0.2) is 24.3 Å². The average Bonchev–Trinajstić information content (AvgIpc) is 2.76. The Hall–Kier alpha value is -1.89. The number of rotatable bonds is 5. The zero-order chi connectivity index (χ0) is 15.4. The highest BCUT2D eigenvalue weighted by Crippen LogP contribution is 2.37. The van der Waals surface area contributed by atoms with E-state index in [4.69, 9.17) is 5.73 Å². The molecule has 7 heteroatoms. The molecule has 0 aromatic carbocycles. The van der Waals surface area contributed by atoms with Crippen LogP contribution >= 0.6 is 11.3 Å². The molecule has 1 aromatic rings. The van der Waals surface area contributed by atoms with Crippen LogP contribution < -0.4 is 16.4 Å². The lowest BCUT2D eigenvalue weighted by atomic mass is 9.95. The van der Waals surface area contributed by atoms with E-state index in [-0.39, 0.29) is 12.3 Å². The maximum absolute atomic E-state index is 11.9. The summed E-state index contributed by atoms with van der Waals surface area (Å²) in [6, 6.07) is 0. The number of anilines is 1. The van der Waals surface area contributed by atoms with Crippen LogP contribution in [0.3, 0.4) is 0 Å². The van der Waals surface area contributed by atoms with Crippen molar-refractivity contribution in [3.8, 4) is 0 Å². The predicted molar refractivity (Wildman–Crippen MR) is 81.4 cm³/mol. The Balaban J connectivity index is 2.16. The average molecular weight is 309 g/mol. The van der Waals surface area contributed by atoms with Gasteiger partial charge >= 0.3 is 0 Å². The molecule has 0 unspecified atom stereocenters. The van der Waals surface area contributed by atoms with Crippen molar-refractivity contribution in [1.29, 1.82) is 0 Å². The van der Waals surface area contributed by atoms with Crippen molar-refractivity contribution in [3.63, 3.8) is 0 Å². The summed E-state index contributed by atoms with van der Waals surface area (Å²) in [7, 11) is 0. The van der Waals surface area contributed by atoms with Crippen molar-refractivity contribution in [2.24, 2.45) is 5.73 Å². The van der Waals surface area contributed by atoms with Gasteiger partial charge in [-0.1, -0.05) is 0 Å². The van der Waals surface area contributed by atoms with Gasteiger partial charge in [-0.25, -0.2) is 0 Å². The van der Waals surface area contributed by atoms with Crippen molar-refractivity contribution in [2.75, 3.05) is 11.9 Å². The van der Waals surface area contributed by atoms with Gasteiger partial charge in [0, 0.05) is 11.4 Å². The maximum Gasteiger partial charge on any atom is 0.251 e. The second-order valence-electron chi connectivity index (χ2n) is 4.96. The van der Waals surface area contributed by atoms with E-state index in [0.717, 1.165) is 36.1 Å². The molecule has 114 valence electrons. The largest absolute Gasteiger partial charge is 0.365 e. The van der Waals surface area contributed by atoms with E-state index in [1.54, 1.807) is 6.92 Å². The number of hydrogen-bond acceptors (Lipinski definition) is 4. The van der Waals surface area contributed by atoms with Gasteiger partial charge in [0.25, 0.3) is 5.91 Å². The molecule has 0 atom stereocenters. The standard InChI is InChI=1S/C14H19N3O3S/c1-2-16-10(18)7-11(19)17-14-12(13(15)20)8-5-3-4-6-9(8)21-14/h2-7H2,1H3,(H2,15,20)(H,16,18)(H,17,19). The zero-order valence-electron chi connectivity index (χ0n) is 12.0. The number of nitrogens with one attached hydrogen (secondary N) is 2. The third-order valence-electron chi connectivity index (χ3n) is 3.37. The maximum atomic E-state index is 11.9. The Kier molecular flexibility index (Phi) is 4.95. The minimum absolute atomic E-state index is 0.255. The molecule has 6 nitrogen and oxygen atoms in total. The summed E-state index contributed by atoms with van der Waals surface area (Å²) in [5.74, 6) is -1.29. The van der Waals surface area contributed by atoms with E-state index in [9.17, 15) is 14.4 Å². The molecule has 21 heavy (non-hydrogen) atoms. The van der Waals surface area contributed by atoms with Crippen LogP contribution in [0.5, 0.6) is 0 Å². The third kappa shape index (κ3) is 3.60. The summed E-state index contributed by atoms with van der Waals surface area (Å²) in [6.45, 7) is 2.26. The monoisotopic (exact) mass is 309 g/mol. The van der Waals surface area contributed by atoms with E-state index in [2.05, 4.69) is 10.6 Å². The van der Waals surface area contributed by atoms with Gasteiger partial charge in [-0.2, -0.15) is 0 Å². The highest BCUT2D eigenvalue weighted by molar-refractivity contribution is 7.17. The molecular formula is C14H19N3O3S. The van der Waals surface area contributed by atoms with Crippen LogP contribution in [0.15, 0.2) is 0 Å². The smallest absolute Gasteiger partial charge is 0.251 e. The van der Waals surface area contributed by atoms with Crippen LogP contribution in [0.25, 0.3) is 0 Å². The molecule has 1 aliphatic rings. The first-order valence-corrected chi connectivity index (χ1v) is 7.85. The summed E-state index contributed by atoms with van der Waals surface area (Å²) < 4.78 is 0. The number of nitrogens with two attached hydrogens (primary N) is 1. The Morgan fingerprint density at radius 3 is 2.57 bits per heavy atom. The first kappa shape index (κ1) is 15.5. The van der Waals surface area contributed by atoms with Gasteiger partial charge in [-0.05, 0) is 38.2 Å². The summed E-state index contributed by atoms with van der Waals surface area (Å²) >= 11 is 1.39. The molecule has 3 amide bonds. The molecule has 0 bridgehead atoms. The molecule has 0 radical (unpaired) electrons. The van der Waals surface area contributed by atoms with Gasteiger partial charge < -0.3 is 16.4 Å². The lowest BCUT2D eigenvalue weighted by molar-refractivity contribution is -0.126. The van der Waals surface area contributed by atoms with Crippen molar-refractivity contribution in [3.05, 3.63) is 16.0 Å².